The van der Waals surface area contributed by atoms with Crippen molar-refractivity contribution >= 4 is 31.6 Å². The second-order valence-corrected chi connectivity index (χ2v) is 19.8. The van der Waals surface area contributed by atoms with Crippen LogP contribution in [0.4, 0.5) is 16.3 Å². The Bertz CT molecular complexity index is 1260. The number of alkyl carbamates (subject to hydrolysis) is 1. The van der Waals surface area contributed by atoms with Gasteiger partial charge in [-0.15, -0.1) is 0 Å². The van der Waals surface area contributed by atoms with Crippen LogP contribution in [0.5, 0.6) is 0 Å². The second kappa shape index (κ2) is 14.4. The second-order valence-electron chi connectivity index (χ2n) is 14.2. The van der Waals surface area contributed by atoms with E-state index < -0.39 is 20.2 Å². The van der Waals surface area contributed by atoms with Crippen molar-refractivity contribution in [2.24, 2.45) is 11.8 Å². The van der Waals surface area contributed by atoms with Crippen LogP contribution in [0, 0.1) is 11.8 Å². The van der Waals surface area contributed by atoms with Crippen LogP contribution in [0.2, 0.25) is 25.7 Å². The molecule has 3 aliphatic rings. The van der Waals surface area contributed by atoms with E-state index in [9.17, 15) is 9.59 Å². The molecule has 240 valence electrons. The first kappa shape index (κ1) is 32.4. The third-order valence-electron chi connectivity index (χ3n) is 9.53. The van der Waals surface area contributed by atoms with Crippen molar-refractivity contribution in [2.45, 2.75) is 89.2 Å². The molecule has 1 aliphatic carbocycles. The lowest BCUT2D eigenvalue weighted by molar-refractivity contribution is -0.119. The molecule has 10 heteroatoms. The molecule has 1 spiro atoms. The summed E-state index contributed by atoms with van der Waals surface area (Å²) < 4.78 is 17.4. The number of hydrogen-bond acceptors (Lipinski definition) is 7. The molecule has 1 unspecified atom stereocenters. The molecule has 2 fully saturated rings. The van der Waals surface area contributed by atoms with E-state index in [0.717, 1.165) is 82.2 Å². The fourth-order valence-corrected chi connectivity index (χ4v) is 7.45. The van der Waals surface area contributed by atoms with Gasteiger partial charge in [0.1, 0.15) is 25.2 Å². The lowest BCUT2D eigenvalue weighted by Crippen LogP contribution is -2.49. The number of carbonyl (C=O) groups excluding carboxylic acids is 2. The normalized spacial score (nSPS) is 21.9. The van der Waals surface area contributed by atoms with Crippen LogP contribution >= 0.6 is 0 Å². The average Bonchev–Trinajstić information content (AvgIpc) is 3.29. The molecule has 0 radical (unpaired) electrons. The summed E-state index contributed by atoms with van der Waals surface area (Å²) in [4.78, 5) is 33.7. The van der Waals surface area contributed by atoms with Crippen molar-refractivity contribution in [3.8, 4) is 0 Å². The number of carbonyl (C=O) groups is 2. The molecule has 1 aromatic carbocycles. The number of benzene rings is 1. The summed E-state index contributed by atoms with van der Waals surface area (Å²) in [6, 6.07) is 11.9. The van der Waals surface area contributed by atoms with Gasteiger partial charge in [-0.2, -0.15) is 0 Å². The molecule has 2 aromatic rings. The Morgan fingerprint density at radius 2 is 1.84 bits per heavy atom. The Hall–Kier alpha value is -2.95. The van der Waals surface area contributed by atoms with Gasteiger partial charge in [-0.25, -0.2) is 9.78 Å². The van der Waals surface area contributed by atoms with Crippen molar-refractivity contribution in [3.63, 3.8) is 0 Å². The van der Waals surface area contributed by atoms with E-state index in [2.05, 4.69) is 42.1 Å². The summed E-state index contributed by atoms with van der Waals surface area (Å²) in [5.41, 5.74) is 3.14. The topological polar surface area (TPSA) is 102 Å². The molecule has 1 saturated heterocycles. The van der Waals surface area contributed by atoms with Gasteiger partial charge in [0.05, 0.1) is 0 Å². The Labute approximate surface area is 263 Å². The predicted molar refractivity (Wildman–Crippen MR) is 176 cm³/mol. The van der Waals surface area contributed by atoms with E-state index in [0.29, 0.717) is 18.5 Å². The maximum absolute atomic E-state index is 13.8. The van der Waals surface area contributed by atoms with Gasteiger partial charge in [-0.05, 0) is 49.1 Å². The highest BCUT2D eigenvalue weighted by molar-refractivity contribution is 6.76. The Morgan fingerprint density at radius 3 is 2.55 bits per heavy atom. The van der Waals surface area contributed by atoms with E-state index in [1.807, 2.05) is 42.6 Å². The zero-order chi connectivity index (χ0) is 31.2. The summed E-state index contributed by atoms with van der Waals surface area (Å²) in [5, 5.41) is 5.96. The number of rotatable bonds is 11. The first-order chi connectivity index (χ1) is 21.1. The Morgan fingerprint density at radius 1 is 1.11 bits per heavy atom. The lowest BCUT2D eigenvalue weighted by atomic mass is 9.76. The van der Waals surface area contributed by atoms with Gasteiger partial charge < -0.3 is 29.7 Å². The van der Waals surface area contributed by atoms with Crippen LogP contribution in [0.25, 0.3) is 0 Å². The summed E-state index contributed by atoms with van der Waals surface area (Å²) in [6.45, 7) is 13.1. The van der Waals surface area contributed by atoms with Crippen LogP contribution in [0.15, 0.2) is 42.6 Å². The van der Waals surface area contributed by atoms with Crippen LogP contribution in [0.1, 0.15) is 56.6 Å². The van der Waals surface area contributed by atoms with E-state index >= 15 is 0 Å². The van der Waals surface area contributed by atoms with Crippen molar-refractivity contribution in [1.82, 2.24) is 10.3 Å². The molecular formula is C34H50N4O5Si. The summed E-state index contributed by atoms with van der Waals surface area (Å²) in [5.74, 6) is 0.880. The van der Waals surface area contributed by atoms with E-state index in [4.69, 9.17) is 19.2 Å². The van der Waals surface area contributed by atoms with Crippen LogP contribution in [0.3, 0.4) is 0 Å². The largest absolute Gasteiger partial charge is 0.445 e. The van der Waals surface area contributed by atoms with Gasteiger partial charge >= 0.3 is 6.09 Å². The molecule has 2 aliphatic heterocycles. The summed E-state index contributed by atoms with van der Waals surface area (Å²) in [6.07, 6.45) is 7.04. The van der Waals surface area contributed by atoms with Crippen molar-refractivity contribution < 1.29 is 23.8 Å². The molecule has 2 N–H and O–H groups in total. The molecule has 5 rings (SSSR count). The van der Waals surface area contributed by atoms with Crippen molar-refractivity contribution in [3.05, 3.63) is 53.7 Å². The predicted octanol–water partition coefficient (Wildman–Crippen LogP) is 6.32. The Kier molecular flexibility index (Phi) is 10.6. The number of pyridine rings is 1. The van der Waals surface area contributed by atoms with Gasteiger partial charge in [0.25, 0.3) is 0 Å². The number of nitrogens with zero attached hydrogens (tertiary/aromatic N) is 2. The molecule has 2 amide bonds. The quantitative estimate of drug-likeness (QED) is 0.223. The monoisotopic (exact) mass is 622 g/mol. The number of fused-ring (bicyclic) bond motifs is 2. The number of amides is 2. The van der Waals surface area contributed by atoms with E-state index in [1.165, 1.54) is 5.56 Å². The number of ether oxygens (including phenoxy) is 3. The highest BCUT2D eigenvalue weighted by Gasteiger charge is 2.44. The SMILES string of the molecule is C[Si](C)(C)CCOCN1CC2(CCOCC2)c2cnc(NC(=O)C(NC(=O)OCc3ccccc3)[C@H]3CC[C@H](C)CC3)cc21. The zero-order valence-corrected chi connectivity index (χ0v) is 27.9. The maximum atomic E-state index is 13.8. The van der Waals surface area contributed by atoms with Gasteiger partial charge in [-0.1, -0.05) is 69.7 Å². The van der Waals surface area contributed by atoms with Gasteiger partial charge in [0.15, 0.2) is 0 Å². The first-order valence-corrected chi connectivity index (χ1v) is 20.0. The molecule has 1 aromatic heterocycles. The minimum Gasteiger partial charge on any atom is -0.445 e. The van der Waals surface area contributed by atoms with Gasteiger partial charge in [0.2, 0.25) is 5.91 Å². The number of hydrogen-bond donors (Lipinski definition) is 2. The highest BCUT2D eigenvalue weighted by atomic mass is 28.3. The lowest BCUT2D eigenvalue weighted by Gasteiger charge is -2.34. The number of nitrogens with one attached hydrogen (secondary N) is 2. The van der Waals surface area contributed by atoms with Crippen LogP contribution in [-0.2, 0) is 31.0 Å². The summed E-state index contributed by atoms with van der Waals surface area (Å²) in [7, 11) is -1.19. The molecule has 1 saturated carbocycles. The highest BCUT2D eigenvalue weighted by Crippen LogP contribution is 2.47. The average molecular weight is 623 g/mol. The van der Waals surface area contributed by atoms with Gasteiger partial charge in [0, 0.05) is 63.4 Å². The third kappa shape index (κ3) is 8.40. The number of anilines is 2. The van der Waals surface area contributed by atoms with Crippen LogP contribution < -0.4 is 15.5 Å². The van der Waals surface area contributed by atoms with E-state index in [1.54, 1.807) is 0 Å². The fourth-order valence-electron chi connectivity index (χ4n) is 6.69. The fraction of sp³-hybridized carbons (Fsp3) is 0.618. The zero-order valence-electron chi connectivity index (χ0n) is 26.9. The molecule has 0 bridgehead atoms. The maximum Gasteiger partial charge on any atom is 0.408 e. The minimum atomic E-state index is -1.19. The third-order valence-corrected chi connectivity index (χ3v) is 11.2. The van der Waals surface area contributed by atoms with Crippen molar-refractivity contribution in [1.29, 1.82) is 0 Å². The molecule has 1 atom stereocenters. The van der Waals surface area contributed by atoms with Crippen LogP contribution in [-0.4, -0.2) is 64.2 Å². The summed E-state index contributed by atoms with van der Waals surface area (Å²) >= 11 is 0. The Balaban J connectivity index is 1.30. The minimum absolute atomic E-state index is 0.0172. The molecular weight excluding hydrogens is 572 g/mol. The smallest absolute Gasteiger partial charge is 0.408 e. The van der Waals surface area contributed by atoms with Crippen molar-refractivity contribution in [2.75, 3.05) is 43.3 Å². The molecule has 3 heterocycles. The van der Waals surface area contributed by atoms with E-state index in [-0.39, 0.29) is 23.8 Å². The standard InChI is InChI=1S/C34H50N4O5Si/c1-25-10-12-27(13-11-25)31(37-33(40)43-22-26-8-6-5-7-9-26)32(39)36-30-20-29-28(21-35-30)34(14-16-41-17-15-34)23-38(29)24-42-18-19-44(2,3)4/h5-9,20-21,25,27,31H,10-19,22-24H2,1-4H3,(H,37,40)(H,35,36,39)/t25-,27-,31?. The number of aromatic nitrogens is 1. The molecule has 9 nitrogen and oxygen atoms in total. The molecule has 44 heavy (non-hydrogen) atoms. The first-order valence-electron chi connectivity index (χ1n) is 16.3. The van der Waals surface area contributed by atoms with Gasteiger partial charge in [-0.3, -0.25) is 4.79 Å².